The van der Waals surface area contributed by atoms with Crippen LogP contribution in [0, 0.1) is 0 Å². The van der Waals surface area contributed by atoms with Crippen molar-refractivity contribution in [1.82, 2.24) is 15.3 Å². The van der Waals surface area contributed by atoms with Crippen molar-refractivity contribution in [2.45, 2.75) is 12.5 Å². The van der Waals surface area contributed by atoms with E-state index in [9.17, 15) is 4.79 Å². The van der Waals surface area contributed by atoms with Gasteiger partial charge < -0.3 is 25.2 Å². The number of ether oxygens (including phenoxy) is 1. The lowest BCUT2D eigenvalue weighted by Gasteiger charge is -2.30. The number of likely N-dealkylation sites (N-methyl/N-ethyl adjacent to an activating group) is 1. The maximum Gasteiger partial charge on any atom is 0.243 e. The van der Waals surface area contributed by atoms with Gasteiger partial charge in [-0.15, -0.1) is 0 Å². The summed E-state index contributed by atoms with van der Waals surface area (Å²) in [6, 6.07) is 18.0. The monoisotopic (exact) mass is 444 g/mol. The number of morpholine rings is 1. The molecular formula is C25H28N6O2. The first-order valence-corrected chi connectivity index (χ1v) is 11.3. The molecule has 0 aliphatic carbocycles. The molecule has 2 saturated heterocycles. The maximum atomic E-state index is 12.4. The van der Waals surface area contributed by atoms with Crippen molar-refractivity contribution in [3.8, 4) is 11.3 Å². The number of hydrogen-bond acceptors (Lipinski definition) is 7. The summed E-state index contributed by atoms with van der Waals surface area (Å²) < 4.78 is 5.43. The largest absolute Gasteiger partial charge is 0.378 e. The average Bonchev–Trinajstić information content (AvgIpc) is 2.84. The van der Waals surface area contributed by atoms with Crippen LogP contribution in [0.25, 0.3) is 11.3 Å². The number of amides is 1. The lowest BCUT2D eigenvalue weighted by Crippen LogP contribution is -2.53. The van der Waals surface area contributed by atoms with Gasteiger partial charge in [-0.25, -0.2) is 9.97 Å². The minimum absolute atomic E-state index is 0.0619. The lowest BCUT2D eigenvalue weighted by molar-refractivity contribution is -0.121. The molecule has 2 aliphatic heterocycles. The zero-order chi connectivity index (χ0) is 22.6. The Bertz CT molecular complexity index is 1090. The summed E-state index contributed by atoms with van der Waals surface area (Å²) in [6.07, 6.45) is 2.65. The van der Waals surface area contributed by atoms with Crippen LogP contribution >= 0.6 is 0 Å². The molecule has 2 aliphatic rings. The zero-order valence-corrected chi connectivity index (χ0v) is 18.7. The van der Waals surface area contributed by atoms with E-state index in [-0.39, 0.29) is 11.9 Å². The van der Waals surface area contributed by atoms with Crippen molar-refractivity contribution in [2.24, 2.45) is 0 Å². The molecule has 3 heterocycles. The van der Waals surface area contributed by atoms with E-state index >= 15 is 0 Å². The second kappa shape index (κ2) is 9.56. The van der Waals surface area contributed by atoms with Gasteiger partial charge in [0.05, 0.1) is 24.9 Å². The number of nitrogens with zero attached hydrogens (tertiary/aromatic N) is 4. The molecule has 33 heavy (non-hydrogen) atoms. The van der Waals surface area contributed by atoms with E-state index < -0.39 is 0 Å². The fourth-order valence-corrected chi connectivity index (χ4v) is 4.00. The minimum atomic E-state index is -0.0619. The fraction of sp³-hybridized carbons (Fsp3) is 0.320. The van der Waals surface area contributed by atoms with Crippen LogP contribution in [0.1, 0.15) is 6.42 Å². The van der Waals surface area contributed by atoms with Crippen LogP contribution in [0.3, 0.4) is 0 Å². The van der Waals surface area contributed by atoms with Gasteiger partial charge in [0.1, 0.15) is 0 Å². The van der Waals surface area contributed by atoms with Gasteiger partial charge >= 0.3 is 0 Å². The molecule has 0 radical (unpaired) electrons. The van der Waals surface area contributed by atoms with E-state index in [0.29, 0.717) is 5.95 Å². The van der Waals surface area contributed by atoms with Gasteiger partial charge in [0, 0.05) is 49.0 Å². The van der Waals surface area contributed by atoms with Crippen LogP contribution in [0.4, 0.5) is 23.0 Å². The molecule has 1 atom stereocenters. The standard InChI is InChI=1S/C25H28N6O2/c1-30(24(32)23-11-12-26-23)20-6-2-18(3-7-20)22-10-13-27-25(29-22)28-19-4-8-21(9-5-19)31-14-16-33-17-15-31/h2-10,13,23,26H,11-12,14-17H2,1H3,(H,27,28,29)/t23-/m0/s1. The summed E-state index contributed by atoms with van der Waals surface area (Å²) >= 11 is 0. The molecular weight excluding hydrogens is 416 g/mol. The smallest absolute Gasteiger partial charge is 0.243 e. The van der Waals surface area contributed by atoms with Gasteiger partial charge in [-0.05, 0) is 55.4 Å². The predicted octanol–water partition coefficient (Wildman–Crippen LogP) is 3.05. The Balaban J connectivity index is 1.25. The number of rotatable bonds is 6. The topological polar surface area (TPSA) is 82.6 Å². The first-order chi connectivity index (χ1) is 16.2. The molecule has 8 nitrogen and oxygen atoms in total. The second-order valence-electron chi connectivity index (χ2n) is 8.28. The number of nitrogens with one attached hydrogen (secondary N) is 2. The Kier molecular flexibility index (Phi) is 6.19. The average molecular weight is 445 g/mol. The van der Waals surface area contributed by atoms with E-state index in [1.165, 1.54) is 5.69 Å². The molecule has 0 bridgehead atoms. The normalized spacial score (nSPS) is 17.8. The van der Waals surface area contributed by atoms with Gasteiger partial charge in [0.25, 0.3) is 0 Å². The van der Waals surface area contributed by atoms with Gasteiger partial charge in [-0.1, -0.05) is 12.1 Å². The van der Waals surface area contributed by atoms with E-state index in [2.05, 4.69) is 37.6 Å². The molecule has 0 saturated carbocycles. The van der Waals surface area contributed by atoms with Gasteiger partial charge in [-0.3, -0.25) is 4.79 Å². The van der Waals surface area contributed by atoms with E-state index in [1.807, 2.05) is 49.5 Å². The van der Waals surface area contributed by atoms with Crippen LogP contribution in [0.15, 0.2) is 60.8 Å². The van der Waals surface area contributed by atoms with Crippen LogP contribution in [0.5, 0.6) is 0 Å². The quantitative estimate of drug-likeness (QED) is 0.605. The van der Waals surface area contributed by atoms with Gasteiger partial charge in [0.15, 0.2) is 0 Å². The first kappa shape index (κ1) is 21.4. The highest BCUT2D eigenvalue weighted by Gasteiger charge is 2.27. The Morgan fingerprint density at radius 3 is 2.48 bits per heavy atom. The van der Waals surface area contributed by atoms with Crippen molar-refractivity contribution >= 4 is 28.9 Å². The molecule has 8 heteroatoms. The SMILES string of the molecule is CN(C(=O)[C@@H]1CCN1)c1ccc(-c2ccnc(Nc3ccc(N4CCOCC4)cc3)n2)cc1. The van der Waals surface area contributed by atoms with Crippen molar-refractivity contribution in [3.05, 3.63) is 60.8 Å². The van der Waals surface area contributed by atoms with Crippen molar-refractivity contribution in [3.63, 3.8) is 0 Å². The molecule has 170 valence electrons. The van der Waals surface area contributed by atoms with Gasteiger partial charge in [0.2, 0.25) is 11.9 Å². The first-order valence-electron chi connectivity index (χ1n) is 11.3. The number of carbonyl (C=O) groups is 1. The minimum Gasteiger partial charge on any atom is -0.378 e. The molecule has 2 fully saturated rings. The summed E-state index contributed by atoms with van der Waals surface area (Å²) in [7, 11) is 1.81. The molecule has 0 unspecified atom stereocenters. The lowest BCUT2D eigenvalue weighted by atomic mass is 10.1. The molecule has 0 spiro atoms. The Hall–Kier alpha value is -3.49. The number of benzene rings is 2. The Morgan fingerprint density at radius 2 is 1.82 bits per heavy atom. The molecule has 3 aromatic rings. The Morgan fingerprint density at radius 1 is 1.09 bits per heavy atom. The van der Waals surface area contributed by atoms with Crippen LogP contribution < -0.4 is 20.4 Å². The highest BCUT2D eigenvalue weighted by molar-refractivity contribution is 5.97. The fourth-order valence-electron chi connectivity index (χ4n) is 4.00. The second-order valence-corrected chi connectivity index (χ2v) is 8.28. The number of hydrogen-bond donors (Lipinski definition) is 2. The third-order valence-corrected chi connectivity index (χ3v) is 6.16. The highest BCUT2D eigenvalue weighted by Crippen LogP contribution is 2.25. The van der Waals surface area contributed by atoms with Gasteiger partial charge in [-0.2, -0.15) is 0 Å². The van der Waals surface area contributed by atoms with E-state index in [0.717, 1.165) is 61.9 Å². The number of aromatic nitrogens is 2. The number of carbonyl (C=O) groups excluding carboxylic acids is 1. The summed E-state index contributed by atoms with van der Waals surface area (Å²) in [5.74, 6) is 0.640. The molecule has 5 rings (SSSR count). The highest BCUT2D eigenvalue weighted by atomic mass is 16.5. The maximum absolute atomic E-state index is 12.4. The molecule has 1 amide bonds. The molecule has 2 aromatic carbocycles. The summed E-state index contributed by atoms with van der Waals surface area (Å²) in [5.41, 5.74) is 4.78. The summed E-state index contributed by atoms with van der Waals surface area (Å²) in [4.78, 5) is 25.5. The molecule has 1 aromatic heterocycles. The van der Waals surface area contributed by atoms with Crippen LogP contribution in [-0.2, 0) is 9.53 Å². The Labute approximate surface area is 193 Å². The third kappa shape index (κ3) is 4.81. The summed E-state index contributed by atoms with van der Waals surface area (Å²) in [6.45, 7) is 4.28. The van der Waals surface area contributed by atoms with E-state index in [4.69, 9.17) is 4.74 Å². The number of anilines is 4. The van der Waals surface area contributed by atoms with Crippen LogP contribution in [-0.4, -0.2) is 61.8 Å². The summed E-state index contributed by atoms with van der Waals surface area (Å²) in [5, 5.41) is 6.45. The van der Waals surface area contributed by atoms with Crippen molar-refractivity contribution in [2.75, 3.05) is 55.0 Å². The van der Waals surface area contributed by atoms with E-state index in [1.54, 1.807) is 11.1 Å². The predicted molar refractivity (Wildman–Crippen MR) is 130 cm³/mol. The van der Waals surface area contributed by atoms with Crippen molar-refractivity contribution < 1.29 is 9.53 Å². The van der Waals surface area contributed by atoms with Crippen molar-refractivity contribution in [1.29, 1.82) is 0 Å². The third-order valence-electron chi connectivity index (χ3n) is 6.16. The molecule has 2 N–H and O–H groups in total. The van der Waals surface area contributed by atoms with Crippen LogP contribution in [0.2, 0.25) is 0 Å². The zero-order valence-electron chi connectivity index (χ0n) is 18.7.